The Bertz CT molecular complexity index is 855. The van der Waals surface area contributed by atoms with Gasteiger partial charge in [0.15, 0.2) is 11.6 Å². The van der Waals surface area contributed by atoms with E-state index in [2.05, 4.69) is 10.6 Å². The second-order valence-electron chi connectivity index (χ2n) is 8.06. The molecule has 1 heterocycles. The van der Waals surface area contributed by atoms with Crippen molar-refractivity contribution in [1.82, 2.24) is 5.32 Å². The van der Waals surface area contributed by atoms with Crippen molar-refractivity contribution in [3.8, 4) is 5.75 Å². The monoisotopic (exact) mass is 404 g/mol. The van der Waals surface area contributed by atoms with E-state index in [0.717, 1.165) is 12.8 Å². The van der Waals surface area contributed by atoms with Gasteiger partial charge >= 0.3 is 0 Å². The number of thiophene rings is 1. The van der Waals surface area contributed by atoms with Gasteiger partial charge in [-0.15, -0.1) is 11.3 Å². The van der Waals surface area contributed by atoms with Crippen LogP contribution in [0, 0.1) is 17.2 Å². The second-order valence-corrected chi connectivity index (χ2v) is 9.14. The standard InChI is InChI=1S/C21H25FN2O3S/c1-21(2,3)17(12-27-15-7-5-4-6-14(15)22)23-20(26)16-10-11-18(28-16)24-19(25)13-8-9-13/h4-7,10-11,13,17H,8-9,12H2,1-3H3,(H,23,26)(H,24,25). The Morgan fingerprint density at radius 3 is 2.57 bits per heavy atom. The number of anilines is 1. The molecule has 0 bridgehead atoms. The summed E-state index contributed by atoms with van der Waals surface area (Å²) in [6.07, 6.45) is 1.86. The highest BCUT2D eigenvalue weighted by Gasteiger charge is 2.30. The molecule has 3 rings (SSSR count). The Labute approximate surface area is 168 Å². The van der Waals surface area contributed by atoms with Gasteiger partial charge in [-0.05, 0) is 42.5 Å². The predicted octanol–water partition coefficient (Wildman–Crippen LogP) is 4.46. The minimum Gasteiger partial charge on any atom is -0.488 e. The number of hydrogen-bond donors (Lipinski definition) is 2. The first-order chi connectivity index (χ1) is 13.2. The molecule has 1 aliphatic rings. The molecule has 1 atom stereocenters. The van der Waals surface area contributed by atoms with Crippen molar-refractivity contribution in [3.63, 3.8) is 0 Å². The molecule has 0 radical (unpaired) electrons. The average Bonchev–Trinajstić information content (AvgIpc) is 3.38. The smallest absolute Gasteiger partial charge is 0.261 e. The molecule has 7 heteroatoms. The van der Waals surface area contributed by atoms with Crippen molar-refractivity contribution in [2.45, 2.75) is 39.7 Å². The summed E-state index contributed by atoms with van der Waals surface area (Å²) in [5.41, 5.74) is -0.290. The molecule has 150 valence electrons. The lowest BCUT2D eigenvalue weighted by Crippen LogP contribution is -2.47. The summed E-state index contributed by atoms with van der Waals surface area (Å²) in [5.74, 6) is -0.392. The van der Waals surface area contributed by atoms with Crippen molar-refractivity contribution in [1.29, 1.82) is 0 Å². The first kappa shape index (κ1) is 20.3. The number of carbonyl (C=O) groups is 2. The van der Waals surface area contributed by atoms with E-state index in [1.165, 1.54) is 17.4 Å². The molecule has 1 aromatic heterocycles. The lowest BCUT2D eigenvalue weighted by molar-refractivity contribution is -0.117. The molecule has 1 saturated carbocycles. The number of para-hydroxylation sites is 1. The molecule has 1 unspecified atom stereocenters. The van der Waals surface area contributed by atoms with E-state index < -0.39 is 5.82 Å². The van der Waals surface area contributed by atoms with Crippen molar-refractivity contribution in [2.24, 2.45) is 11.3 Å². The van der Waals surface area contributed by atoms with Crippen LogP contribution < -0.4 is 15.4 Å². The fourth-order valence-corrected chi connectivity index (χ4v) is 3.38. The third-order valence-electron chi connectivity index (χ3n) is 4.62. The quantitative estimate of drug-likeness (QED) is 0.716. The highest BCUT2D eigenvalue weighted by atomic mass is 32.1. The van der Waals surface area contributed by atoms with Gasteiger partial charge in [-0.1, -0.05) is 32.9 Å². The highest BCUT2D eigenvalue weighted by Crippen LogP contribution is 2.32. The predicted molar refractivity (Wildman–Crippen MR) is 108 cm³/mol. The SMILES string of the molecule is CC(C)(C)C(COc1ccccc1F)NC(=O)c1ccc(NC(=O)C2CC2)s1. The molecule has 5 nitrogen and oxygen atoms in total. The number of halogens is 1. The molecule has 2 amide bonds. The molecule has 1 aliphatic carbocycles. The van der Waals surface area contributed by atoms with Crippen LogP contribution in [-0.2, 0) is 4.79 Å². The largest absolute Gasteiger partial charge is 0.488 e. The van der Waals surface area contributed by atoms with Crippen LogP contribution in [-0.4, -0.2) is 24.5 Å². The summed E-state index contributed by atoms with van der Waals surface area (Å²) >= 11 is 1.24. The summed E-state index contributed by atoms with van der Waals surface area (Å²) in [7, 11) is 0. The van der Waals surface area contributed by atoms with Crippen LogP contribution in [0.1, 0.15) is 43.3 Å². The first-order valence-electron chi connectivity index (χ1n) is 9.33. The van der Waals surface area contributed by atoms with Gasteiger partial charge in [0.25, 0.3) is 5.91 Å². The van der Waals surface area contributed by atoms with Crippen LogP contribution in [0.25, 0.3) is 0 Å². The number of amides is 2. The lowest BCUT2D eigenvalue weighted by Gasteiger charge is -2.31. The maximum atomic E-state index is 13.8. The molecule has 0 spiro atoms. The van der Waals surface area contributed by atoms with Crippen molar-refractivity contribution in [2.75, 3.05) is 11.9 Å². The van der Waals surface area contributed by atoms with E-state index >= 15 is 0 Å². The van der Waals surface area contributed by atoms with Crippen LogP contribution in [0.2, 0.25) is 0 Å². The lowest BCUT2D eigenvalue weighted by atomic mass is 9.87. The van der Waals surface area contributed by atoms with E-state index in [1.807, 2.05) is 20.8 Å². The fourth-order valence-electron chi connectivity index (χ4n) is 2.57. The Morgan fingerprint density at radius 2 is 1.93 bits per heavy atom. The van der Waals surface area contributed by atoms with Crippen LogP contribution >= 0.6 is 11.3 Å². The molecule has 1 fully saturated rings. The van der Waals surface area contributed by atoms with E-state index in [1.54, 1.807) is 30.3 Å². The van der Waals surface area contributed by atoms with Gasteiger partial charge in [-0.2, -0.15) is 0 Å². The zero-order valence-electron chi connectivity index (χ0n) is 16.3. The van der Waals surface area contributed by atoms with Crippen LogP contribution in [0.15, 0.2) is 36.4 Å². The number of nitrogens with one attached hydrogen (secondary N) is 2. The van der Waals surface area contributed by atoms with Gasteiger partial charge in [0.05, 0.1) is 15.9 Å². The number of benzene rings is 1. The molecule has 2 aromatic rings. The zero-order valence-corrected chi connectivity index (χ0v) is 17.1. The molecule has 0 aliphatic heterocycles. The minimum atomic E-state index is -0.434. The highest BCUT2D eigenvalue weighted by molar-refractivity contribution is 7.18. The van der Waals surface area contributed by atoms with E-state index in [9.17, 15) is 14.0 Å². The Hall–Kier alpha value is -2.41. The van der Waals surface area contributed by atoms with Crippen LogP contribution in [0.4, 0.5) is 9.39 Å². The van der Waals surface area contributed by atoms with Crippen molar-refractivity contribution >= 4 is 28.2 Å². The Kier molecular flexibility index (Phi) is 6.03. The zero-order chi connectivity index (χ0) is 20.3. The topological polar surface area (TPSA) is 67.4 Å². The fraction of sp³-hybridized carbons (Fsp3) is 0.429. The third kappa shape index (κ3) is 5.32. The minimum absolute atomic E-state index is 0.0136. The maximum absolute atomic E-state index is 13.8. The second kappa shape index (κ2) is 8.31. The molecule has 1 aromatic carbocycles. The van der Waals surface area contributed by atoms with Crippen molar-refractivity contribution in [3.05, 3.63) is 47.1 Å². The van der Waals surface area contributed by atoms with Gasteiger partial charge in [0.1, 0.15) is 6.61 Å². The molecule has 0 saturated heterocycles. The molecular formula is C21H25FN2O3S. The summed E-state index contributed by atoms with van der Waals surface area (Å²) in [6, 6.07) is 9.30. The summed E-state index contributed by atoms with van der Waals surface area (Å²) in [5, 5.41) is 6.49. The van der Waals surface area contributed by atoms with Gasteiger partial charge in [0, 0.05) is 5.92 Å². The molecule has 28 heavy (non-hydrogen) atoms. The normalized spacial score (nSPS) is 15.0. The van der Waals surface area contributed by atoms with E-state index in [0.29, 0.717) is 9.88 Å². The van der Waals surface area contributed by atoms with Crippen LogP contribution in [0.3, 0.4) is 0 Å². The summed E-state index contributed by atoms with van der Waals surface area (Å²) in [6.45, 7) is 6.10. The number of ether oxygens (including phenoxy) is 1. The third-order valence-corrected chi connectivity index (χ3v) is 5.62. The average molecular weight is 405 g/mol. The Morgan fingerprint density at radius 1 is 1.21 bits per heavy atom. The molecule has 2 N–H and O–H groups in total. The molecular weight excluding hydrogens is 379 g/mol. The summed E-state index contributed by atoms with van der Waals surface area (Å²) in [4.78, 5) is 25.0. The van der Waals surface area contributed by atoms with Gasteiger partial charge in [0.2, 0.25) is 5.91 Å². The van der Waals surface area contributed by atoms with Crippen molar-refractivity contribution < 1.29 is 18.7 Å². The van der Waals surface area contributed by atoms with Gasteiger partial charge < -0.3 is 15.4 Å². The van der Waals surface area contributed by atoms with Crippen LogP contribution in [0.5, 0.6) is 5.75 Å². The first-order valence-corrected chi connectivity index (χ1v) is 10.1. The maximum Gasteiger partial charge on any atom is 0.261 e. The number of rotatable bonds is 7. The van der Waals surface area contributed by atoms with Gasteiger partial charge in [-0.25, -0.2) is 4.39 Å². The summed E-state index contributed by atoms with van der Waals surface area (Å²) < 4.78 is 19.4. The Balaban J connectivity index is 1.62. The number of carbonyl (C=O) groups excluding carboxylic acids is 2. The van der Waals surface area contributed by atoms with E-state index in [4.69, 9.17) is 4.74 Å². The van der Waals surface area contributed by atoms with E-state index in [-0.39, 0.29) is 41.5 Å². The van der Waals surface area contributed by atoms with Gasteiger partial charge in [-0.3, -0.25) is 9.59 Å². The number of hydrogen-bond acceptors (Lipinski definition) is 4.